The van der Waals surface area contributed by atoms with Crippen LogP contribution < -0.4 is 5.32 Å². The monoisotopic (exact) mass is 237 g/mol. The van der Waals surface area contributed by atoms with Gasteiger partial charge in [-0.15, -0.1) is 0 Å². The van der Waals surface area contributed by atoms with Crippen molar-refractivity contribution in [1.82, 2.24) is 15.2 Å². The van der Waals surface area contributed by atoms with E-state index in [1.807, 2.05) is 0 Å². The number of aryl methyl sites for hydroxylation is 1. The van der Waals surface area contributed by atoms with Gasteiger partial charge in [-0.05, 0) is 26.8 Å². The summed E-state index contributed by atoms with van der Waals surface area (Å²) in [6, 6.07) is 0. The highest BCUT2D eigenvalue weighted by atomic mass is 16.3. The maximum atomic E-state index is 12.0. The van der Waals surface area contributed by atoms with Crippen molar-refractivity contribution in [2.75, 3.05) is 20.1 Å². The van der Waals surface area contributed by atoms with Crippen LogP contribution in [0, 0.1) is 6.92 Å². The van der Waals surface area contributed by atoms with Crippen LogP contribution in [0.1, 0.15) is 36.1 Å². The Morgan fingerprint density at radius 2 is 2.18 bits per heavy atom. The third-order valence-electron chi connectivity index (χ3n) is 3.36. The van der Waals surface area contributed by atoms with E-state index in [1.54, 1.807) is 6.92 Å². The van der Waals surface area contributed by atoms with E-state index >= 15 is 0 Å². The SMILES string of the molecule is Cc1nc(C(=O)NC2(C)CCN(C)CC2)co1. The maximum absolute atomic E-state index is 12.0. The van der Waals surface area contributed by atoms with Crippen LogP contribution in [-0.2, 0) is 0 Å². The van der Waals surface area contributed by atoms with Crippen molar-refractivity contribution in [2.45, 2.75) is 32.2 Å². The largest absolute Gasteiger partial charge is 0.448 e. The van der Waals surface area contributed by atoms with Crippen LogP contribution >= 0.6 is 0 Å². The van der Waals surface area contributed by atoms with Crippen molar-refractivity contribution in [3.05, 3.63) is 17.8 Å². The third-order valence-corrected chi connectivity index (χ3v) is 3.36. The van der Waals surface area contributed by atoms with Gasteiger partial charge in [-0.3, -0.25) is 4.79 Å². The fourth-order valence-electron chi connectivity index (χ4n) is 2.04. The fourth-order valence-corrected chi connectivity index (χ4v) is 2.04. The molecule has 1 amide bonds. The topological polar surface area (TPSA) is 58.4 Å². The summed E-state index contributed by atoms with van der Waals surface area (Å²) in [7, 11) is 2.10. The first-order chi connectivity index (χ1) is 7.98. The minimum absolute atomic E-state index is 0.129. The zero-order chi connectivity index (χ0) is 12.5. The van der Waals surface area contributed by atoms with E-state index < -0.39 is 0 Å². The lowest BCUT2D eigenvalue weighted by Crippen LogP contribution is -2.52. The van der Waals surface area contributed by atoms with Crippen LogP contribution in [0.3, 0.4) is 0 Å². The van der Waals surface area contributed by atoms with Gasteiger partial charge in [0.05, 0.1) is 0 Å². The number of hydrogen-bond acceptors (Lipinski definition) is 4. The highest BCUT2D eigenvalue weighted by molar-refractivity contribution is 5.92. The Morgan fingerprint density at radius 3 is 2.71 bits per heavy atom. The molecule has 1 aliphatic rings. The lowest BCUT2D eigenvalue weighted by molar-refractivity contribution is 0.0847. The number of hydrogen-bond donors (Lipinski definition) is 1. The van der Waals surface area contributed by atoms with Crippen molar-refractivity contribution in [2.24, 2.45) is 0 Å². The van der Waals surface area contributed by atoms with Gasteiger partial charge in [0.1, 0.15) is 6.26 Å². The quantitative estimate of drug-likeness (QED) is 0.839. The molecule has 1 N–H and O–H groups in total. The van der Waals surface area contributed by atoms with Crippen molar-refractivity contribution < 1.29 is 9.21 Å². The number of rotatable bonds is 2. The molecule has 5 nitrogen and oxygen atoms in total. The normalized spacial score (nSPS) is 20.2. The van der Waals surface area contributed by atoms with E-state index in [0.717, 1.165) is 25.9 Å². The number of amides is 1. The Hall–Kier alpha value is -1.36. The molecule has 17 heavy (non-hydrogen) atoms. The molecule has 0 atom stereocenters. The highest BCUT2D eigenvalue weighted by Crippen LogP contribution is 2.21. The third kappa shape index (κ3) is 2.85. The van der Waals surface area contributed by atoms with Gasteiger partial charge in [-0.2, -0.15) is 0 Å². The second kappa shape index (κ2) is 4.49. The molecule has 0 bridgehead atoms. The summed E-state index contributed by atoms with van der Waals surface area (Å²) < 4.78 is 5.04. The molecule has 0 saturated carbocycles. The summed E-state index contributed by atoms with van der Waals surface area (Å²) in [5.41, 5.74) is 0.235. The fraction of sp³-hybridized carbons (Fsp3) is 0.667. The Bertz CT molecular complexity index is 406. The second-order valence-corrected chi connectivity index (χ2v) is 5.07. The van der Waals surface area contributed by atoms with Gasteiger partial charge in [0, 0.05) is 25.6 Å². The van der Waals surface area contributed by atoms with E-state index in [-0.39, 0.29) is 11.4 Å². The number of nitrogens with zero attached hydrogens (tertiary/aromatic N) is 2. The van der Waals surface area contributed by atoms with Crippen molar-refractivity contribution in [1.29, 1.82) is 0 Å². The molecule has 5 heteroatoms. The average molecular weight is 237 g/mol. The second-order valence-electron chi connectivity index (χ2n) is 5.07. The number of carbonyl (C=O) groups is 1. The van der Waals surface area contributed by atoms with Crippen molar-refractivity contribution >= 4 is 5.91 Å². The first kappa shape index (κ1) is 12.1. The molecule has 1 aliphatic heterocycles. The molecule has 0 aromatic carbocycles. The Kier molecular flexibility index (Phi) is 3.19. The lowest BCUT2D eigenvalue weighted by atomic mass is 9.89. The number of nitrogens with one attached hydrogen (secondary N) is 1. The van der Waals surface area contributed by atoms with Gasteiger partial charge < -0.3 is 14.6 Å². The molecule has 94 valence electrons. The molecule has 1 aromatic heterocycles. The predicted octanol–water partition coefficient (Wildman–Crippen LogP) is 1.20. The molecule has 2 heterocycles. The maximum Gasteiger partial charge on any atom is 0.273 e. The van der Waals surface area contributed by atoms with Crippen LogP contribution in [-0.4, -0.2) is 41.5 Å². The molecule has 2 rings (SSSR count). The zero-order valence-corrected chi connectivity index (χ0v) is 10.6. The molecule has 0 unspecified atom stereocenters. The highest BCUT2D eigenvalue weighted by Gasteiger charge is 2.31. The Balaban J connectivity index is 1.98. The van der Waals surface area contributed by atoms with Crippen LogP contribution in [0.5, 0.6) is 0 Å². The first-order valence-electron chi connectivity index (χ1n) is 5.92. The van der Waals surface area contributed by atoms with E-state index in [2.05, 4.69) is 29.2 Å². The van der Waals surface area contributed by atoms with Crippen molar-refractivity contribution in [3.8, 4) is 0 Å². The summed E-state index contributed by atoms with van der Waals surface area (Å²) >= 11 is 0. The number of carbonyl (C=O) groups excluding carboxylic acids is 1. The van der Waals surface area contributed by atoms with E-state index in [0.29, 0.717) is 11.6 Å². The first-order valence-corrected chi connectivity index (χ1v) is 5.92. The van der Waals surface area contributed by atoms with Crippen LogP contribution in [0.2, 0.25) is 0 Å². The smallest absolute Gasteiger partial charge is 0.273 e. The summed E-state index contributed by atoms with van der Waals surface area (Å²) in [5.74, 6) is 0.373. The van der Waals surface area contributed by atoms with Gasteiger partial charge in [0.15, 0.2) is 11.6 Å². The number of oxazole rings is 1. The van der Waals surface area contributed by atoms with E-state index in [4.69, 9.17) is 4.42 Å². The molecule has 0 radical (unpaired) electrons. The summed E-state index contributed by atoms with van der Waals surface area (Å²) in [6.07, 6.45) is 3.33. The van der Waals surface area contributed by atoms with Gasteiger partial charge in [-0.25, -0.2) is 4.98 Å². The van der Waals surface area contributed by atoms with Crippen molar-refractivity contribution in [3.63, 3.8) is 0 Å². The minimum atomic E-state index is -0.145. The molecule has 1 fully saturated rings. The van der Waals surface area contributed by atoms with Crippen LogP contribution in [0.4, 0.5) is 0 Å². The molecule has 0 spiro atoms. The minimum Gasteiger partial charge on any atom is -0.448 e. The van der Waals surface area contributed by atoms with Crippen LogP contribution in [0.25, 0.3) is 0 Å². The number of piperidine rings is 1. The number of aromatic nitrogens is 1. The molecule has 1 saturated heterocycles. The van der Waals surface area contributed by atoms with Gasteiger partial charge in [-0.1, -0.05) is 0 Å². The lowest BCUT2D eigenvalue weighted by Gasteiger charge is -2.38. The van der Waals surface area contributed by atoms with E-state index in [1.165, 1.54) is 6.26 Å². The Labute approximate surface area is 101 Å². The number of likely N-dealkylation sites (tertiary alicyclic amines) is 1. The molecular formula is C12H19N3O2. The van der Waals surface area contributed by atoms with Crippen LogP contribution in [0.15, 0.2) is 10.7 Å². The standard InChI is InChI=1S/C12H19N3O2/c1-9-13-10(8-17-9)11(16)14-12(2)4-6-15(3)7-5-12/h8H,4-7H2,1-3H3,(H,14,16). The van der Waals surface area contributed by atoms with Gasteiger partial charge in [0.2, 0.25) is 0 Å². The zero-order valence-electron chi connectivity index (χ0n) is 10.6. The summed E-state index contributed by atoms with van der Waals surface area (Å²) in [6.45, 7) is 5.84. The molecule has 1 aromatic rings. The molecule has 0 aliphatic carbocycles. The van der Waals surface area contributed by atoms with Gasteiger partial charge >= 0.3 is 0 Å². The summed E-state index contributed by atoms with van der Waals surface area (Å²) in [4.78, 5) is 18.3. The van der Waals surface area contributed by atoms with E-state index in [9.17, 15) is 4.79 Å². The molecular weight excluding hydrogens is 218 g/mol. The summed E-state index contributed by atoms with van der Waals surface area (Å²) in [5, 5.41) is 3.06. The predicted molar refractivity (Wildman–Crippen MR) is 63.8 cm³/mol. The Morgan fingerprint density at radius 1 is 1.53 bits per heavy atom. The average Bonchev–Trinajstić information content (AvgIpc) is 2.70. The van der Waals surface area contributed by atoms with Gasteiger partial charge in [0.25, 0.3) is 5.91 Å².